The molecule has 0 aliphatic carbocycles. The van der Waals surface area contributed by atoms with Gasteiger partial charge in [0.05, 0.1) is 0 Å². The molecule has 1 nitrogen and oxygen atoms in total. The van der Waals surface area contributed by atoms with Gasteiger partial charge >= 0.3 is 0 Å². The Hall–Kier alpha value is -0.120. The molecule has 0 spiro atoms. The molecule has 0 radical (unpaired) electrons. The van der Waals surface area contributed by atoms with Crippen molar-refractivity contribution in [1.82, 2.24) is 5.32 Å². The lowest BCUT2D eigenvalue weighted by atomic mass is 9.97. The summed E-state index contributed by atoms with van der Waals surface area (Å²) in [6, 6.07) is 5.44. The molecule has 0 amide bonds. The molecule has 100 valence electrons. The second-order valence-corrected chi connectivity index (χ2v) is 6.68. The summed E-state index contributed by atoms with van der Waals surface area (Å²) in [6.45, 7) is 3.41. The van der Waals surface area contributed by atoms with Gasteiger partial charge in [-0.15, -0.1) is 23.5 Å². The molecule has 1 unspecified atom stereocenters. The van der Waals surface area contributed by atoms with E-state index < -0.39 is 0 Å². The van der Waals surface area contributed by atoms with E-state index in [2.05, 4.69) is 36.9 Å². The number of aryl methyl sites for hydroxylation is 1. The zero-order chi connectivity index (χ0) is 13.0. The molecule has 1 heterocycles. The number of thioether (sulfide) groups is 2. The van der Waals surface area contributed by atoms with E-state index in [4.69, 9.17) is 0 Å². The lowest BCUT2D eigenvalue weighted by molar-refractivity contribution is 0.398. The highest BCUT2D eigenvalue weighted by Gasteiger charge is 2.15. The summed E-state index contributed by atoms with van der Waals surface area (Å²) in [6.07, 6.45) is 9.60. The predicted octanol–water partition coefficient (Wildman–Crippen LogP) is 4.12. The number of benzene rings is 1. The Morgan fingerprint density at radius 1 is 1.17 bits per heavy atom. The van der Waals surface area contributed by atoms with Crippen LogP contribution in [0.4, 0.5) is 0 Å². The molecular weight excluding hydrogens is 258 g/mol. The van der Waals surface area contributed by atoms with Gasteiger partial charge in [-0.25, -0.2) is 0 Å². The molecule has 1 aliphatic heterocycles. The summed E-state index contributed by atoms with van der Waals surface area (Å²) in [5.41, 5.74) is 2.93. The SMILES string of the molecule is CSc1cc(CC2CCCCN2)c(SC)cc1C. The average molecular weight is 281 g/mol. The summed E-state index contributed by atoms with van der Waals surface area (Å²) in [4.78, 5) is 2.89. The third kappa shape index (κ3) is 3.46. The van der Waals surface area contributed by atoms with Gasteiger partial charge in [0.2, 0.25) is 0 Å². The number of nitrogens with one attached hydrogen (secondary N) is 1. The molecule has 0 saturated carbocycles. The second-order valence-electron chi connectivity index (χ2n) is 4.98. The van der Waals surface area contributed by atoms with Crippen molar-refractivity contribution < 1.29 is 0 Å². The second kappa shape index (κ2) is 6.88. The van der Waals surface area contributed by atoms with Gasteiger partial charge in [-0.1, -0.05) is 6.42 Å². The van der Waals surface area contributed by atoms with Crippen molar-refractivity contribution in [3.63, 3.8) is 0 Å². The van der Waals surface area contributed by atoms with Crippen molar-refractivity contribution in [3.05, 3.63) is 23.3 Å². The fourth-order valence-electron chi connectivity index (χ4n) is 2.64. The van der Waals surface area contributed by atoms with Crippen LogP contribution in [0.1, 0.15) is 30.4 Å². The molecule has 1 aromatic carbocycles. The summed E-state index contributed by atoms with van der Waals surface area (Å²) >= 11 is 3.74. The van der Waals surface area contributed by atoms with Crippen LogP contribution in [0.25, 0.3) is 0 Å². The van der Waals surface area contributed by atoms with Gasteiger partial charge in [-0.2, -0.15) is 0 Å². The molecule has 1 aromatic rings. The lowest BCUT2D eigenvalue weighted by Crippen LogP contribution is -2.35. The van der Waals surface area contributed by atoms with Crippen molar-refractivity contribution in [3.8, 4) is 0 Å². The normalized spacial score (nSPS) is 20.1. The van der Waals surface area contributed by atoms with Gasteiger partial charge in [-0.05, 0) is 68.5 Å². The predicted molar refractivity (Wildman–Crippen MR) is 84.1 cm³/mol. The van der Waals surface area contributed by atoms with Crippen LogP contribution in [0.5, 0.6) is 0 Å². The maximum absolute atomic E-state index is 3.65. The molecule has 1 saturated heterocycles. The highest BCUT2D eigenvalue weighted by molar-refractivity contribution is 7.99. The summed E-state index contributed by atoms with van der Waals surface area (Å²) in [5.74, 6) is 0. The van der Waals surface area contributed by atoms with E-state index >= 15 is 0 Å². The summed E-state index contributed by atoms with van der Waals surface area (Å²) in [5, 5.41) is 3.65. The number of hydrogen-bond acceptors (Lipinski definition) is 3. The molecule has 3 heteroatoms. The van der Waals surface area contributed by atoms with Crippen LogP contribution >= 0.6 is 23.5 Å². The largest absolute Gasteiger partial charge is 0.314 e. The topological polar surface area (TPSA) is 12.0 Å². The van der Waals surface area contributed by atoms with E-state index in [0.717, 1.165) is 0 Å². The van der Waals surface area contributed by atoms with Crippen LogP contribution in [-0.4, -0.2) is 25.1 Å². The van der Waals surface area contributed by atoms with Crippen molar-refractivity contribution >= 4 is 23.5 Å². The highest BCUT2D eigenvalue weighted by Crippen LogP contribution is 2.30. The minimum atomic E-state index is 0.682. The quantitative estimate of drug-likeness (QED) is 0.834. The molecule has 1 atom stereocenters. The van der Waals surface area contributed by atoms with Crippen molar-refractivity contribution in [2.24, 2.45) is 0 Å². The molecule has 0 bridgehead atoms. The fourth-order valence-corrected chi connectivity index (χ4v) is 3.98. The Balaban J connectivity index is 2.18. The minimum Gasteiger partial charge on any atom is -0.314 e. The first-order chi connectivity index (χ1) is 8.74. The standard InChI is InChI=1S/C15H23NS2/c1-11-8-15(18-3)12(10-14(11)17-2)9-13-6-4-5-7-16-13/h8,10,13,16H,4-7,9H2,1-3H3. The molecule has 1 N–H and O–H groups in total. The van der Waals surface area contributed by atoms with Gasteiger partial charge in [0.25, 0.3) is 0 Å². The Kier molecular flexibility index (Phi) is 5.46. The zero-order valence-corrected chi connectivity index (χ0v) is 13.2. The first-order valence-electron chi connectivity index (χ1n) is 6.69. The number of piperidine rings is 1. The summed E-state index contributed by atoms with van der Waals surface area (Å²) in [7, 11) is 0. The average Bonchev–Trinajstić information content (AvgIpc) is 2.41. The van der Waals surface area contributed by atoms with E-state index in [1.807, 2.05) is 23.5 Å². The van der Waals surface area contributed by atoms with Gasteiger partial charge in [0, 0.05) is 15.8 Å². The third-order valence-corrected chi connectivity index (χ3v) is 5.38. The van der Waals surface area contributed by atoms with E-state index in [0.29, 0.717) is 6.04 Å². The first-order valence-corrected chi connectivity index (χ1v) is 9.14. The molecular formula is C15H23NS2. The van der Waals surface area contributed by atoms with E-state index in [1.165, 1.54) is 53.1 Å². The van der Waals surface area contributed by atoms with Crippen molar-refractivity contribution in [1.29, 1.82) is 0 Å². The Morgan fingerprint density at radius 3 is 2.56 bits per heavy atom. The number of rotatable bonds is 4. The van der Waals surface area contributed by atoms with Gasteiger partial charge in [0.15, 0.2) is 0 Å². The van der Waals surface area contributed by atoms with E-state index in [-0.39, 0.29) is 0 Å². The fraction of sp³-hybridized carbons (Fsp3) is 0.600. The Morgan fingerprint density at radius 2 is 1.94 bits per heavy atom. The zero-order valence-electron chi connectivity index (χ0n) is 11.6. The maximum atomic E-state index is 3.65. The van der Waals surface area contributed by atoms with Gasteiger partial charge < -0.3 is 5.32 Å². The number of hydrogen-bond donors (Lipinski definition) is 1. The molecule has 1 fully saturated rings. The molecule has 18 heavy (non-hydrogen) atoms. The smallest absolute Gasteiger partial charge is 0.0108 e. The van der Waals surface area contributed by atoms with E-state index in [9.17, 15) is 0 Å². The van der Waals surface area contributed by atoms with Crippen LogP contribution in [0.3, 0.4) is 0 Å². The monoisotopic (exact) mass is 281 g/mol. The van der Waals surface area contributed by atoms with Crippen molar-refractivity contribution in [2.75, 3.05) is 19.1 Å². The van der Waals surface area contributed by atoms with Crippen LogP contribution in [0.2, 0.25) is 0 Å². The molecule has 0 aromatic heterocycles. The van der Waals surface area contributed by atoms with E-state index in [1.54, 1.807) is 0 Å². The summed E-state index contributed by atoms with van der Waals surface area (Å²) < 4.78 is 0. The highest BCUT2D eigenvalue weighted by atomic mass is 32.2. The van der Waals surface area contributed by atoms with Crippen LogP contribution in [-0.2, 0) is 6.42 Å². The van der Waals surface area contributed by atoms with Crippen LogP contribution in [0.15, 0.2) is 21.9 Å². The van der Waals surface area contributed by atoms with Gasteiger partial charge in [0.1, 0.15) is 0 Å². The van der Waals surface area contributed by atoms with Crippen LogP contribution in [0, 0.1) is 6.92 Å². The Bertz CT molecular complexity index is 398. The van der Waals surface area contributed by atoms with Crippen molar-refractivity contribution in [2.45, 2.75) is 48.4 Å². The lowest BCUT2D eigenvalue weighted by Gasteiger charge is -2.24. The Labute approximate surface area is 120 Å². The molecule has 2 rings (SSSR count). The molecule has 1 aliphatic rings. The maximum Gasteiger partial charge on any atom is 0.0108 e. The minimum absolute atomic E-state index is 0.682. The first kappa shape index (κ1) is 14.3. The van der Waals surface area contributed by atoms with Crippen LogP contribution < -0.4 is 5.32 Å². The third-order valence-electron chi connectivity index (χ3n) is 3.68. The van der Waals surface area contributed by atoms with Gasteiger partial charge in [-0.3, -0.25) is 0 Å².